The first kappa shape index (κ1) is 15.9. The minimum Gasteiger partial charge on any atom is -0.330 e. The Labute approximate surface area is 145 Å². The Morgan fingerprint density at radius 1 is 1.25 bits per heavy atom. The van der Waals surface area contributed by atoms with Crippen molar-refractivity contribution in [3.8, 4) is 0 Å². The number of hydrogen-bond donors (Lipinski definition) is 3. The summed E-state index contributed by atoms with van der Waals surface area (Å²) in [4.78, 5) is 12.2. The molecule has 5 nitrogen and oxygen atoms in total. The van der Waals surface area contributed by atoms with E-state index in [1.807, 2.05) is 0 Å². The number of hydrazine groups is 1. The molecule has 2 saturated heterocycles. The first-order valence-electron chi connectivity index (χ1n) is 8.34. The van der Waals surface area contributed by atoms with Gasteiger partial charge in [0.25, 0.3) is 0 Å². The molecule has 3 N–H and O–H groups in total. The second kappa shape index (κ2) is 6.35. The standard InChI is InChI=1S/C17H20ClFN4O/c18-13-7-11(1-2-14(13)19)12-9-21-23-15(8-16(24)22-17(12)23)10-3-5-20-6-4-10/h1-2,7-8,10,12,17,20-21H,3-6,9H2,(H,22,24). The number of rotatable bonds is 2. The average molecular weight is 351 g/mol. The molecule has 2 atom stereocenters. The Morgan fingerprint density at radius 3 is 2.79 bits per heavy atom. The van der Waals surface area contributed by atoms with Gasteiger partial charge in [-0.05, 0) is 43.6 Å². The number of hydrogen-bond acceptors (Lipinski definition) is 4. The summed E-state index contributed by atoms with van der Waals surface area (Å²) in [6, 6.07) is 4.78. The maximum absolute atomic E-state index is 13.4. The van der Waals surface area contributed by atoms with Crippen molar-refractivity contribution in [2.45, 2.75) is 24.9 Å². The first-order valence-corrected chi connectivity index (χ1v) is 8.72. The molecule has 0 radical (unpaired) electrons. The van der Waals surface area contributed by atoms with Crippen molar-refractivity contribution in [1.29, 1.82) is 0 Å². The average Bonchev–Trinajstić information content (AvgIpc) is 3.01. The number of carbonyl (C=O) groups excluding carboxylic acids is 1. The SMILES string of the molecule is O=C1C=C(C2CCNCC2)N2NCC(c3ccc(F)c(Cl)c3)C2N1. The summed E-state index contributed by atoms with van der Waals surface area (Å²) < 4.78 is 13.4. The molecule has 1 aromatic carbocycles. The molecule has 0 bridgehead atoms. The van der Waals surface area contributed by atoms with Crippen LogP contribution in [-0.4, -0.2) is 36.7 Å². The maximum Gasteiger partial charge on any atom is 0.247 e. The molecule has 0 aliphatic carbocycles. The minimum atomic E-state index is -0.425. The molecule has 128 valence electrons. The molecular weight excluding hydrogens is 331 g/mol. The van der Waals surface area contributed by atoms with Gasteiger partial charge in [-0.3, -0.25) is 9.80 Å². The third-order valence-electron chi connectivity index (χ3n) is 5.12. The zero-order valence-corrected chi connectivity index (χ0v) is 13.9. The Morgan fingerprint density at radius 2 is 2.04 bits per heavy atom. The molecule has 0 aromatic heterocycles. The fourth-order valence-electron chi connectivity index (χ4n) is 3.87. The van der Waals surface area contributed by atoms with Gasteiger partial charge >= 0.3 is 0 Å². The molecule has 4 rings (SSSR count). The highest BCUT2D eigenvalue weighted by molar-refractivity contribution is 6.30. The van der Waals surface area contributed by atoms with Crippen LogP contribution in [0.25, 0.3) is 0 Å². The van der Waals surface area contributed by atoms with E-state index in [0.717, 1.165) is 37.2 Å². The summed E-state index contributed by atoms with van der Waals surface area (Å²) in [5.74, 6) is -0.0850. The summed E-state index contributed by atoms with van der Waals surface area (Å²) in [6.07, 6.45) is 3.59. The van der Waals surface area contributed by atoms with Crippen molar-refractivity contribution < 1.29 is 9.18 Å². The Kier molecular flexibility index (Phi) is 4.20. The van der Waals surface area contributed by atoms with Crippen molar-refractivity contribution >= 4 is 17.5 Å². The third kappa shape index (κ3) is 2.79. The minimum absolute atomic E-state index is 0.0254. The van der Waals surface area contributed by atoms with Gasteiger partial charge in [0.15, 0.2) is 0 Å². The molecule has 3 aliphatic heterocycles. The number of benzene rings is 1. The van der Waals surface area contributed by atoms with Crippen LogP contribution in [-0.2, 0) is 4.79 Å². The lowest BCUT2D eigenvalue weighted by molar-refractivity contribution is -0.119. The van der Waals surface area contributed by atoms with Crippen molar-refractivity contribution in [3.63, 3.8) is 0 Å². The number of nitrogens with zero attached hydrogens (tertiary/aromatic N) is 1. The van der Waals surface area contributed by atoms with Gasteiger partial charge < -0.3 is 10.6 Å². The lowest BCUT2D eigenvalue weighted by Gasteiger charge is -2.39. The second-order valence-corrected chi connectivity index (χ2v) is 6.97. The molecule has 7 heteroatoms. The van der Waals surface area contributed by atoms with Crippen LogP contribution in [0, 0.1) is 11.7 Å². The number of halogens is 2. The van der Waals surface area contributed by atoms with Crippen LogP contribution in [0.5, 0.6) is 0 Å². The van der Waals surface area contributed by atoms with Crippen LogP contribution in [0.15, 0.2) is 30.0 Å². The number of piperidine rings is 1. The van der Waals surface area contributed by atoms with E-state index < -0.39 is 5.82 Å². The Balaban J connectivity index is 1.61. The van der Waals surface area contributed by atoms with Gasteiger partial charge in [0.1, 0.15) is 12.0 Å². The van der Waals surface area contributed by atoms with E-state index in [2.05, 4.69) is 21.1 Å². The van der Waals surface area contributed by atoms with E-state index >= 15 is 0 Å². The van der Waals surface area contributed by atoms with Crippen LogP contribution in [0.1, 0.15) is 24.3 Å². The molecule has 1 amide bonds. The van der Waals surface area contributed by atoms with Gasteiger partial charge in [0.05, 0.1) is 5.02 Å². The van der Waals surface area contributed by atoms with E-state index in [9.17, 15) is 9.18 Å². The maximum atomic E-state index is 13.4. The van der Waals surface area contributed by atoms with E-state index in [1.54, 1.807) is 18.2 Å². The van der Waals surface area contributed by atoms with Gasteiger partial charge in [0.2, 0.25) is 5.91 Å². The van der Waals surface area contributed by atoms with E-state index in [-0.39, 0.29) is 23.0 Å². The van der Waals surface area contributed by atoms with Crippen molar-refractivity contribution in [2.24, 2.45) is 5.92 Å². The van der Waals surface area contributed by atoms with Gasteiger partial charge in [-0.2, -0.15) is 0 Å². The van der Waals surface area contributed by atoms with Gasteiger partial charge in [-0.1, -0.05) is 17.7 Å². The molecule has 24 heavy (non-hydrogen) atoms. The van der Waals surface area contributed by atoms with Crippen molar-refractivity contribution in [3.05, 3.63) is 46.4 Å². The molecule has 3 aliphatic rings. The van der Waals surface area contributed by atoms with E-state index in [0.29, 0.717) is 12.5 Å². The highest BCUT2D eigenvalue weighted by Crippen LogP contribution is 2.35. The van der Waals surface area contributed by atoms with Crippen LogP contribution in [0.4, 0.5) is 4.39 Å². The Bertz CT molecular complexity index is 689. The predicted octanol–water partition coefficient (Wildman–Crippen LogP) is 1.72. The number of amides is 1. The molecule has 0 saturated carbocycles. The van der Waals surface area contributed by atoms with Crippen LogP contribution < -0.4 is 16.1 Å². The summed E-state index contributed by atoms with van der Waals surface area (Å²) in [5, 5.41) is 8.58. The molecule has 2 unspecified atom stereocenters. The van der Waals surface area contributed by atoms with Crippen molar-refractivity contribution in [2.75, 3.05) is 19.6 Å². The third-order valence-corrected chi connectivity index (χ3v) is 5.41. The van der Waals surface area contributed by atoms with Gasteiger partial charge in [-0.15, -0.1) is 0 Å². The van der Waals surface area contributed by atoms with Gasteiger partial charge in [-0.25, -0.2) is 9.82 Å². The van der Waals surface area contributed by atoms with Crippen LogP contribution in [0.2, 0.25) is 5.02 Å². The topological polar surface area (TPSA) is 56.4 Å². The summed E-state index contributed by atoms with van der Waals surface area (Å²) in [7, 11) is 0. The first-order chi connectivity index (χ1) is 11.6. The lowest BCUT2D eigenvalue weighted by Crippen LogP contribution is -2.53. The Hall–Kier alpha value is -1.63. The second-order valence-electron chi connectivity index (χ2n) is 6.56. The van der Waals surface area contributed by atoms with Gasteiger partial charge in [0, 0.05) is 30.2 Å². The number of nitrogens with one attached hydrogen (secondary N) is 3. The van der Waals surface area contributed by atoms with Crippen LogP contribution in [0.3, 0.4) is 0 Å². The fourth-order valence-corrected chi connectivity index (χ4v) is 4.06. The molecular formula is C17H20ClFN4O. The van der Waals surface area contributed by atoms with Crippen molar-refractivity contribution in [1.82, 2.24) is 21.1 Å². The quantitative estimate of drug-likeness (QED) is 0.760. The zero-order chi connectivity index (χ0) is 16.7. The summed E-state index contributed by atoms with van der Waals surface area (Å²) >= 11 is 5.93. The number of allylic oxidation sites excluding steroid dienone is 1. The zero-order valence-electron chi connectivity index (χ0n) is 13.2. The van der Waals surface area contributed by atoms with E-state index in [4.69, 9.17) is 11.6 Å². The largest absolute Gasteiger partial charge is 0.330 e. The smallest absolute Gasteiger partial charge is 0.247 e. The normalized spacial score (nSPS) is 27.7. The monoisotopic (exact) mass is 350 g/mol. The molecule has 2 fully saturated rings. The number of carbonyl (C=O) groups is 1. The predicted molar refractivity (Wildman–Crippen MR) is 89.6 cm³/mol. The lowest BCUT2D eigenvalue weighted by atomic mass is 9.91. The summed E-state index contributed by atoms with van der Waals surface area (Å²) in [6.45, 7) is 2.62. The van der Waals surface area contributed by atoms with Crippen LogP contribution >= 0.6 is 11.6 Å². The highest BCUT2D eigenvalue weighted by Gasteiger charge is 2.41. The highest BCUT2D eigenvalue weighted by atomic mass is 35.5. The summed E-state index contributed by atoms with van der Waals surface area (Å²) in [5.41, 5.74) is 5.38. The fraction of sp³-hybridized carbons (Fsp3) is 0.471. The number of fused-ring (bicyclic) bond motifs is 1. The molecule has 1 aromatic rings. The molecule has 3 heterocycles. The molecule has 0 spiro atoms. The van der Waals surface area contributed by atoms with E-state index in [1.165, 1.54) is 6.07 Å².